The maximum absolute atomic E-state index is 10.3. The molecule has 0 saturated carbocycles. The fourth-order valence-electron chi connectivity index (χ4n) is 4.06. The topological polar surface area (TPSA) is 37.3 Å². The van der Waals surface area contributed by atoms with E-state index in [0.717, 1.165) is 12.8 Å². The zero-order valence-corrected chi connectivity index (χ0v) is 19.8. The van der Waals surface area contributed by atoms with Crippen molar-refractivity contribution in [2.24, 2.45) is 0 Å². The van der Waals surface area contributed by atoms with Crippen molar-refractivity contribution in [2.45, 2.75) is 155 Å². The highest BCUT2D eigenvalue weighted by molar-refractivity contribution is 5.79. The Bertz CT molecular complexity index is 348. The third-order valence-electron chi connectivity index (χ3n) is 5.98. The second kappa shape index (κ2) is 25.2. The van der Waals surface area contributed by atoms with E-state index in [4.69, 9.17) is 5.11 Å². The van der Waals surface area contributed by atoms with E-state index in [1.807, 2.05) is 0 Å². The summed E-state index contributed by atoms with van der Waals surface area (Å²) in [5, 5.41) is 8.50. The maximum Gasteiger partial charge on any atom is 0.327 e. The fraction of sp³-hybridized carbons (Fsp3) is 0.889. The number of hydrogen-bond donors (Lipinski definition) is 1. The summed E-state index contributed by atoms with van der Waals surface area (Å²) in [4.78, 5) is 10.3. The van der Waals surface area contributed by atoms with Gasteiger partial charge in [0.05, 0.1) is 0 Å². The molecule has 0 aliphatic heterocycles. The fourth-order valence-corrected chi connectivity index (χ4v) is 4.06. The average molecular weight is 409 g/mol. The summed E-state index contributed by atoms with van der Waals surface area (Å²) in [6.07, 6.45) is 34.9. The average Bonchev–Trinajstić information content (AvgIpc) is 2.71. The molecule has 2 nitrogen and oxygen atoms in total. The Morgan fingerprint density at radius 3 is 1.07 bits per heavy atom. The third kappa shape index (κ3) is 27.2. The van der Waals surface area contributed by atoms with E-state index in [1.54, 1.807) is 6.08 Å². The molecule has 0 aliphatic rings. The number of allylic oxidation sites excluding steroid dienone is 1. The Balaban J connectivity index is 3.02. The smallest absolute Gasteiger partial charge is 0.327 e. The Morgan fingerprint density at radius 1 is 0.517 bits per heavy atom. The first-order valence-corrected chi connectivity index (χ1v) is 13.2. The lowest BCUT2D eigenvalue weighted by Gasteiger charge is -2.04. The molecule has 0 aromatic carbocycles. The minimum atomic E-state index is -0.830. The highest BCUT2D eigenvalue weighted by Crippen LogP contribution is 2.15. The molecule has 0 aliphatic carbocycles. The molecule has 0 radical (unpaired) electrons. The van der Waals surface area contributed by atoms with E-state index in [2.05, 4.69) is 6.92 Å². The van der Waals surface area contributed by atoms with Crippen LogP contribution in [0.3, 0.4) is 0 Å². The summed E-state index contributed by atoms with van der Waals surface area (Å²) < 4.78 is 0. The van der Waals surface area contributed by atoms with Gasteiger partial charge in [-0.15, -0.1) is 0 Å². The van der Waals surface area contributed by atoms with Gasteiger partial charge in [-0.3, -0.25) is 0 Å². The minimum Gasteiger partial charge on any atom is -0.478 e. The first-order chi connectivity index (χ1) is 14.3. The molecule has 1 N–H and O–H groups in total. The van der Waals surface area contributed by atoms with Crippen LogP contribution in [0.2, 0.25) is 0 Å². The normalized spacial score (nSPS) is 11.5. The summed E-state index contributed by atoms with van der Waals surface area (Å²) in [6.45, 7) is 2.29. The van der Waals surface area contributed by atoms with Crippen LogP contribution in [0.15, 0.2) is 12.2 Å². The van der Waals surface area contributed by atoms with Crippen LogP contribution >= 0.6 is 0 Å². The lowest BCUT2D eigenvalue weighted by Crippen LogP contribution is -1.86. The molecule has 0 rings (SSSR count). The Morgan fingerprint density at radius 2 is 0.793 bits per heavy atom. The van der Waals surface area contributed by atoms with Gasteiger partial charge in [-0.25, -0.2) is 4.79 Å². The molecule has 0 bridgehead atoms. The van der Waals surface area contributed by atoms with Gasteiger partial charge in [0.2, 0.25) is 0 Å². The first kappa shape index (κ1) is 28.2. The lowest BCUT2D eigenvalue weighted by molar-refractivity contribution is -0.131. The summed E-state index contributed by atoms with van der Waals surface area (Å²) in [5.41, 5.74) is 0. The highest BCUT2D eigenvalue weighted by atomic mass is 16.4. The number of hydrogen-bond acceptors (Lipinski definition) is 1. The van der Waals surface area contributed by atoms with Gasteiger partial charge in [-0.2, -0.15) is 0 Å². The largest absolute Gasteiger partial charge is 0.478 e. The summed E-state index contributed by atoms with van der Waals surface area (Å²) >= 11 is 0. The summed E-state index contributed by atoms with van der Waals surface area (Å²) in [6, 6.07) is 0. The Kier molecular flexibility index (Phi) is 24.6. The summed E-state index contributed by atoms with van der Waals surface area (Å²) in [7, 11) is 0. The van der Waals surface area contributed by atoms with Crippen LogP contribution in [0.5, 0.6) is 0 Å². The molecule has 0 atom stereocenters. The molecule has 0 heterocycles. The second-order valence-corrected chi connectivity index (χ2v) is 8.95. The van der Waals surface area contributed by atoms with Crippen LogP contribution in [0.25, 0.3) is 0 Å². The van der Waals surface area contributed by atoms with Crippen molar-refractivity contribution >= 4 is 5.97 Å². The van der Waals surface area contributed by atoms with E-state index in [9.17, 15) is 4.79 Å². The van der Waals surface area contributed by atoms with E-state index in [1.165, 1.54) is 141 Å². The van der Waals surface area contributed by atoms with Gasteiger partial charge in [0.1, 0.15) is 0 Å². The lowest BCUT2D eigenvalue weighted by atomic mass is 10.0. The van der Waals surface area contributed by atoms with Crippen molar-refractivity contribution in [3.63, 3.8) is 0 Å². The number of carbonyl (C=O) groups is 1. The van der Waals surface area contributed by atoms with Gasteiger partial charge in [0.25, 0.3) is 0 Å². The van der Waals surface area contributed by atoms with E-state index >= 15 is 0 Å². The summed E-state index contributed by atoms with van der Waals surface area (Å²) in [5.74, 6) is -0.830. The number of unbranched alkanes of at least 4 members (excludes halogenated alkanes) is 22. The third-order valence-corrected chi connectivity index (χ3v) is 5.98. The van der Waals surface area contributed by atoms with Gasteiger partial charge >= 0.3 is 5.97 Å². The first-order valence-electron chi connectivity index (χ1n) is 13.2. The molecule has 0 amide bonds. The van der Waals surface area contributed by atoms with Gasteiger partial charge in [0, 0.05) is 6.08 Å². The van der Waals surface area contributed by atoms with Crippen LogP contribution in [-0.2, 0) is 4.79 Å². The predicted molar refractivity (Wildman–Crippen MR) is 129 cm³/mol. The van der Waals surface area contributed by atoms with Crippen LogP contribution in [0.4, 0.5) is 0 Å². The quantitative estimate of drug-likeness (QED) is 0.127. The maximum atomic E-state index is 10.3. The SMILES string of the molecule is CCCCCCCCCCCCCCCCCCCCCCCCC=CC(=O)O. The van der Waals surface area contributed by atoms with Crippen molar-refractivity contribution in [1.82, 2.24) is 0 Å². The molecule has 0 spiro atoms. The number of carboxylic acids is 1. The molecule has 0 aromatic heterocycles. The molecule has 0 saturated heterocycles. The van der Waals surface area contributed by atoms with Gasteiger partial charge in [-0.05, 0) is 12.8 Å². The monoisotopic (exact) mass is 408 g/mol. The minimum absolute atomic E-state index is 0.830. The number of rotatable bonds is 24. The van der Waals surface area contributed by atoms with E-state index in [-0.39, 0.29) is 0 Å². The molecule has 29 heavy (non-hydrogen) atoms. The van der Waals surface area contributed by atoms with Crippen LogP contribution < -0.4 is 0 Å². The molecule has 172 valence electrons. The number of aliphatic carboxylic acids is 1. The van der Waals surface area contributed by atoms with Crippen molar-refractivity contribution in [3.8, 4) is 0 Å². The van der Waals surface area contributed by atoms with E-state index in [0.29, 0.717) is 0 Å². The van der Waals surface area contributed by atoms with Crippen LogP contribution in [-0.4, -0.2) is 11.1 Å². The van der Waals surface area contributed by atoms with Gasteiger partial charge in [-0.1, -0.05) is 148 Å². The van der Waals surface area contributed by atoms with Crippen molar-refractivity contribution in [3.05, 3.63) is 12.2 Å². The van der Waals surface area contributed by atoms with Crippen LogP contribution in [0, 0.1) is 0 Å². The molecular formula is C27H52O2. The molecule has 0 unspecified atom stereocenters. The zero-order chi connectivity index (χ0) is 21.3. The molecular weight excluding hydrogens is 356 g/mol. The Hall–Kier alpha value is -0.790. The van der Waals surface area contributed by atoms with Gasteiger partial charge in [0.15, 0.2) is 0 Å². The highest BCUT2D eigenvalue weighted by Gasteiger charge is 1.95. The molecule has 0 fully saturated rings. The molecule has 2 heteroatoms. The number of carboxylic acid groups (broad SMARTS) is 1. The zero-order valence-electron chi connectivity index (χ0n) is 19.8. The van der Waals surface area contributed by atoms with Crippen molar-refractivity contribution in [2.75, 3.05) is 0 Å². The molecule has 0 aromatic rings. The standard InChI is InChI=1S/C27H52O2/c1-2-3-4-5-6-7-8-9-10-11-12-13-14-15-16-17-18-19-20-21-22-23-24-25-26-27(28)29/h25-26H,2-24H2,1H3,(H,28,29). The second-order valence-electron chi connectivity index (χ2n) is 8.95. The van der Waals surface area contributed by atoms with Crippen molar-refractivity contribution in [1.29, 1.82) is 0 Å². The van der Waals surface area contributed by atoms with Crippen LogP contribution in [0.1, 0.15) is 155 Å². The predicted octanol–water partition coefficient (Wildman–Crippen LogP) is 9.62. The van der Waals surface area contributed by atoms with Gasteiger partial charge < -0.3 is 5.11 Å². The van der Waals surface area contributed by atoms with E-state index < -0.39 is 5.97 Å². The Labute approximate surface area is 182 Å². The van der Waals surface area contributed by atoms with Crippen molar-refractivity contribution < 1.29 is 9.90 Å².